The fraction of sp³-hybridized carbons (Fsp3) is 0.310. The lowest BCUT2D eigenvalue weighted by atomic mass is 9.98. The molecule has 0 saturated carbocycles. The molecule has 1 heterocycles. The number of hydrazine groups is 1. The minimum Gasteiger partial charge on any atom is -0.466 e. The molecule has 1 aliphatic heterocycles. The zero-order valence-corrected chi connectivity index (χ0v) is 19.7. The van der Waals surface area contributed by atoms with E-state index in [1.165, 1.54) is 0 Å². The molecule has 1 atom stereocenters. The molecule has 3 aromatic carbocycles. The molecule has 176 valence electrons. The molecular formula is C29H32N2O3. The van der Waals surface area contributed by atoms with Gasteiger partial charge in [0.15, 0.2) is 0 Å². The van der Waals surface area contributed by atoms with E-state index in [0.29, 0.717) is 31.7 Å². The Morgan fingerprint density at radius 2 is 1.56 bits per heavy atom. The summed E-state index contributed by atoms with van der Waals surface area (Å²) < 4.78 is 5.29. The SMILES string of the molecule is CCOC(=O)C1CCCN(N(Cc2ccccc2)C(=O)c2ccccc2Cc2ccccc2)C1. The van der Waals surface area contributed by atoms with Gasteiger partial charge in [0.1, 0.15) is 0 Å². The Kier molecular flexibility index (Phi) is 8.10. The Hall–Kier alpha value is -3.44. The molecular weight excluding hydrogens is 424 g/mol. The van der Waals surface area contributed by atoms with Crippen LogP contribution in [0, 0.1) is 5.92 Å². The first-order chi connectivity index (χ1) is 16.7. The van der Waals surface area contributed by atoms with Crippen LogP contribution in [0.3, 0.4) is 0 Å². The van der Waals surface area contributed by atoms with Crippen LogP contribution >= 0.6 is 0 Å². The molecule has 1 fully saturated rings. The highest BCUT2D eigenvalue weighted by atomic mass is 16.5. The maximum atomic E-state index is 14.0. The summed E-state index contributed by atoms with van der Waals surface area (Å²) in [5.41, 5.74) is 3.91. The number of hydrogen-bond donors (Lipinski definition) is 0. The van der Waals surface area contributed by atoms with Gasteiger partial charge >= 0.3 is 5.97 Å². The van der Waals surface area contributed by atoms with Crippen molar-refractivity contribution in [3.63, 3.8) is 0 Å². The van der Waals surface area contributed by atoms with Gasteiger partial charge in [-0.1, -0.05) is 78.9 Å². The van der Waals surface area contributed by atoms with E-state index < -0.39 is 0 Å². The number of esters is 1. The molecule has 0 aliphatic carbocycles. The Labute approximate surface area is 201 Å². The molecule has 1 amide bonds. The van der Waals surface area contributed by atoms with Crippen molar-refractivity contribution in [2.45, 2.75) is 32.7 Å². The predicted molar refractivity (Wildman–Crippen MR) is 133 cm³/mol. The van der Waals surface area contributed by atoms with Crippen LogP contribution < -0.4 is 0 Å². The van der Waals surface area contributed by atoms with Gasteiger partial charge in [-0.3, -0.25) is 14.6 Å². The molecule has 4 rings (SSSR count). The number of carbonyl (C=O) groups excluding carboxylic acids is 2. The van der Waals surface area contributed by atoms with E-state index in [0.717, 1.165) is 36.1 Å². The van der Waals surface area contributed by atoms with Crippen LogP contribution in [0.25, 0.3) is 0 Å². The van der Waals surface area contributed by atoms with Gasteiger partial charge in [-0.25, -0.2) is 5.01 Å². The average molecular weight is 457 g/mol. The van der Waals surface area contributed by atoms with Crippen molar-refractivity contribution < 1.29 is 14.3 Å². The molecule has 0 spiro atoms. The average Bonchev–Trinajstić information content (AvgIpc) is 2.89. The van der Waals surface area contributed by atoms with E-state index in [1.54, 1.807) is 0 Å². The Bertz CT molecular complexity index is 1080. The number of rotatable bonds is 8. The van der Waals surface area contributed by atoms with Gasteiger partial charge in [-0.15, -0.1) is 0 Å². The second-order valence-electron chi connectivity index (χ2n) is 8.67. The first kappa shape index (κ1) is 23.7. The van der Waals surface area contributed by atoms with E-state index in [1.807, 2.05) is 89.7 Å². The maximum absolute atomic E-state index is 14.0. The van der Waals surface area contributed by atoms with Crippen LogP contribution in [-0.4, -0.2) is 41.6 Å². The molecule has 1 aliphatic rings. The lowest BCUT2D eigenvalue weighted by molar-refractivity contribution is -0.152. The van der Waals surface area contributed by atoms with E-state index in [4.69, 9.17) is 4.74 Å². The number of ether oxygens (including phenoxy) is 1. The van der Waals surface area contributed by atoms with E-state index in [-0.39, 0.29) is 17.8 Å². The van der Waals surface area contributed by atoms with Crippen LogP contribution in [0.15, 0.2) is 84.9 Å². The van der Waals surface area contributed by atoms with E-state index in [2.05, 4.69) is 12.1 Å². The molecule has 5 nitrogen and oxygen atoms in total. The Balaban J connectivity index is 1.63. The molecule has 1 saturated heterocycles. The molecule has 34 heavy (non-hydrogen) atoms. The van der Waals surface area contributed by atoms with Crippen molar-refractivity contribution in [2.24, 2.45) is 5.92 Å². The number of piperidine rings is 1. The summed E-state index contributed by atoms with van der Waals surface area (Å²) in [7, 11) is 0. The zero-order chi connectivity index (χ0) is 23.8. The molecule has 0 radical (unpaired) electrons. The molecule has 0 bridgehead atoms. The van der Waals surface area contributed by atoms with E-state index >= 15 is 0 Å². The van der Waals surface area contributed by atoms with Gasteiger partial charge in [-0.05, 0) is 48.9 Å². The number of benzene rings is 3. The topological polar surface area (TPSA) is 49.9 Å². The van der Waals surface area contributed by atoms with Crippen molar-refractivity contribution in [1.29, 1.82) is 0 Å². The third-order valence-electron chi connectivity index (χ3n) is 6.26. The first-order valence-corrected chi connectivity index (χ1v) is 12.0. The van der Waals surface area contributed by atoms with E-state index in [9.17, 15) is 9.59 Å². The summed E-state index contributed by atoms with van der Waals surface area (Å²) in [6, 6.07) is 28.0. The third-order valence-corrected chi connectivity index (χ3v) is 6.26. The van der Waals surface area contributed by atoms with Crippen molar-refractivity contribution in [3.8, 4) is 0 Å². The van der Waals surface area contributed by atoms with Gasteiger partial charge in [0.05, 0.1) is 19.1 Å². The molecule has 3 aromatic rings. The minimum atomic E-state index is -0.223. The van der Waals surface area contributed by atoms with Crippen molar-refractivity contribution >= 4 is 11.9 Å². The monoisotopic (exact) mass is 456 g/mol. The second-order valence-corrected chi connectivity index (χ2v) is 8.67. The Morgan fingerprint density at radius 3 is 2.26 bits per heavy atom. The summed E-state index contributed by atoms with van der Waals surface area (Å²) in [5.74, 6) is -0.442. The first-order valence-electron chi connectivity index (χ1n) is 12.0. The van der Waals surface area contributed by atoms with Crippen LogP contribution in [0.5, 0.6) is 0 Å². The lowest BCUT2D eigenvalue weighted by Gasteiger charge is -2.40. The van der Waals surface area contributed by atoms with Gasteiger partial charge in [0.2, 0.25) is 0 Å². The second kappa shape index (κ2) is 11.6. The summed E-state index contributed by atoms with van der Waals surface area (Å²) >= 11 is 0. The van der Waals surface area contributed by atoms with Crippen LogP contribution in [0.4, 0.5) is 0 Å². The smallest absolute Gasteiger partial charge is 0.310 e. The highest BCUT2D eigenvalue weighted by Crippen LogP contribution is 2.24. The molecule has 0 N–H and O–H groups in total. The summed E-state index contributed by atoms with van der Waals surface area (Å²) in [5, 5.41) is 3.87. The number of carbonyl (C=O) groups is 2. The number of amides is 1. The lowest BCUT2D eigenvalue weighted by Crippen LogP contribution is -2.52. The summed E-state index contributed by atoms with van der Waals surface area (Å²) in [6.45, 7) is 3.87. The number of hydrogen-bond acceptors (Lipinski definition) is 4. The highest BCUT2D eigenvalue weighted by Gasteiger charge is 2.32. The quantitative estimate of drug-likeness (QED) is 0.442. The van der Waals surface area contributed by atoms with Crippen LogP contribution in [0.2, 0.25) is 0 Å². The fourth-order valence-corrected chi connectivity index (χ4v) is 4.52. The van der Waals surface area contributed by atoms with Gasteiger partial charge in [0, 0.05) is 18.7 Å². The Morgan fingerprint density at radius 1 is 0.912 bits per heavy atom. The maximum Gasteiger partial charge on any atom is 0.310 e. The largest absolute Gasteiger partial charge is 0.466 e. The standard InChI is InChI=1S/C29H32N2O3/c1-2-34-29(33)26-17-11-19-30(22-26)31(21-24-14-7-4-8-15-24)28(32)27-18-10-9-16-25(27)20-23-12-5-3-6-13-23/h3-10,12-16,18,26H,2,11,17,19-22H2,1H3. The van der Waals surface area contributed by atoms with Crippen molar-refractivity contribution in [1.82, 2.24) is 10.0 Å². The zero-order valence-electron chi connectivity index (χ0n) is 19.7. The minimum absolute atomic E-state index is 0.0418. The van der Waals surface area contributed by atoms with Gasteiger partial charge in [0.25, 0.3) is 5.91 Å². The van der Waals surface area contributed by atoms with Crippen LogP contribution in [0.1, 0.15) is 46.8 Å². The van der Waals surface area contributed by atoms with Crippen LogP contribution in [-0.2, 0) is 22.5 Å². The fourth-order valence-electron chi connectivity index (χ4n) is 4.52. The summed E-state index contributed by atoms with van der Waals surface area (Å²) in [4.78, 5) is 26.5. The third kappa shape index (κ3) is 5.91. The number of nitrogens with zero attached hydrogens (tertiary/aromatic N) is 2. The van der Waals surface area contributed by atoms with Gasteiger partial charge in [-0.2, -0.15) is 0 Å². The molecule has 5 heteroatoms. The summed E-state index contributed by atoms with van der Waals surface area (Å²) in [6.07, 6.45) is 2.31. The predicted octanol–water partition coefficient (Wildman–Crippen LogP) is 5.11. The molecule has 0 aromatic heterocycles. The van der Waals surface area contributed by atoms with Crippen molar-refractivity contribution in [3.05, 3.63) is 107 Å². The van der Waals surface area contributed by atoms with Crippen molar-refractivity contribution in [2.75, 3.05) is 19.7 Å². The normalized spacial score (nSPS) is 16.1. The molecule has 1 unspecified atom stereocenters. The highest BCUT2D eigenvalue weighted by molar-refractivity contribution is 5.95. The van der Waals surface area contributed by atoms with Gasteiger partial charge < -0.3 is 4.74 Å².